The van der Waals surface area contributed by atoms with Gasteiger partial charge in [-0.05, 0) is 32.1 Å². The van der Waals surface area contributed by atoms with Gasteiger partial charge in [0.05, 0.1) is 17.8 Å². The van der Waals surface area contributed by atoms with E-state index in [1.54, 1.807) is 0 Å². The molecule has 0 atom stereocenters. The molecule has 2 rings (SSSR count). The van der Waals surface area contributed by atoms with Gasteiger partial charge in [0.25, 0.3) is 0 Å². The second-order valence-corrected chi connectivity index (χ2v) is 6.97. The van der Waals surface area contributed by atoms with Gasteiger partial charge >= 0.3 is 0 Å². The smallest absolute Gasteiger partial charge is 0.194 e. The van der Waals surface area contributed by atoms with E-state index >= 15 is 0 Å². The molecule has 6 nitrogen and oxygen atoms in total. The minimum atomic E-state index is -0.584. The van der Waals surface area contributed by atoms with E-state index in [-0.39, 0.29) is 0 Å². The molecular formula is C17H31N5O. The van der Waals surface area contributed by atoms with E-state index in [1.165, 1.54) is 5.56 Å². The van der Waals surface area contributed by atoms with Gasteiger partial charge in [-0.15, -0.1) is 0 Å². The third kappa shape index (κ3) is 4.47. The summed E-state index contributed by atoms with van der Waals surface area (Å²) in [7, 11) is 3.99. The number of guanidine groups is 1. The molecule has 1 saturated carbocycles. The molecule has 2 N–H and O–H groups in total. The van der Waals surface area contributed by atoms with Crippen LogP contribution in [0, 0.1) is 0 Å². The van der Waals surface area contributed by atoms with Crippen LogP contribution in [0.5, 0.6) is 0 Å². The van der Waals surface area contributed by atoms with Crippen LogP contribution < -0.4 is 5.32 Å². The average molecular weight is 321 g/mol. The largest absolute Gasteiger partial charge is 0.388 e. The highest BCUT2D eigenvalue weighted by Crippen LogP contribution is 2.31. The number of aliphatic hydroxyl groups is 1. The minimum Gasteiger partial charge on any atom is -0.388 e. The van der Waals surface area contributed by atoms with E-state index < -0.39 is 5.60 Å². The van der Waals surface area contributed by atoms with Gasteiger partial charge < -0.3 is 15.3 Å². The lowest BCUT2D eigenvalue weighted by Gasteiger charge is -2.35. The van der Waals surface area contributed by atoms with Crippen LogP contribution in [0.4, 0.5) is 0 Å². The number of rotatable bonds is 6. The maximum absolute atomic E-state index is 10.3. The number of aliphatic imine (C=N–C) groups is 1. The summed E-state index contributed by atoms with van der Waals surface area (Å²) in [4.78, 5) is 6.74. The third-order valence-corrected chi connectivity index (χ3v) is 4.40. The molecule has 23 heavy (non-hydrogen) atoms. The van der Waals surface area contributed by atoms with Gasteiger partial charge in [-0.25, -0.2) is 0 Å². The van der Waals surface area contributed by atoms with Gasteiger partial charge in [0, 0.05) is 38.9 Å². The van der Waals surface area contributed by atoms with Crippen molar-refractivity contribution in [1.82, 2.24) is 20.0 Å². The van der Waals surface area contributed by atoms with Gasteiger partial charge in [0.1, 0.15) is 0 Å². The van der Waals surface area contributed by atoms with Crippen molar-refractivity contribution >= 4 is 5.96 Å². The molecule has 130 valence electrons. The zero-order chi connectivity index (χ0) is 17.0. The van der Waals surface area contributed by atoms with Crippen molar-refractivity contribution in [2.45, 2.75) is 58.1 Å². The van der Waals surface area contributed by atoms with E-state index in [4.69, 9.17) is 0 Å². The first-order valence-electron chi connectivity index (χ1n) is 8.59. The number of hydrogen-bond acceptors (Lipinski definition) is 3. The predicted molar refractivity (Wildman–Crippen MR) is 93.5 cm³/mol. The zero-order valence-corrected chi connectivity index (χ0v) is 15.1. The molecule has 0 amide bonds. The Hall–Kier alpha value is -1.56. The minimum absolute atomic E-state index is 0.398. The van der Waals surface area contributed by atoms with Crippen LogP contribution in [0.2, 0.25) is 0 Å². The van der Waals surface area contributed by atoms with E-state index in [2.05, 4.69) is 47.3 Å². The molecule has 0 spiro atoms. The van der Waals surface area contributed by atoms with Crippen LogP contribution in [0.15, 0.2) is 11.2 Å². The van der Waals surface area contributed by atoms with Crippen molar-refractivity contribution in [1.29, 1.82) is 0 Å². The second-order valence-electron chi connectivity index (χ2n) is 6.97. The number of hydrogen-bond donors (Lipinski definition) is 2. The SMILES string of the molecule is CCNC(=NCC1(O)CCC1)N(C)Cc1cn(C)nc1C(C)C. The van der Waals surface area contributed by atoms with Gasteiger partial charge in [-0.3, -0.25) is 9.67 Å². The van der Waals surface area contributed by atoms with Gasteiger partial charge in [-0.1, -0.05) is 13.8 Å². The second kappa shape index (κ2) is 7.34. The molecular weight excluding hydrogens is 290 g/mol. The van der Waals surface area contributed by atoms with E-state index in [0.29, 0.717) is 12.5 Å². The van der Waals surface area contributed by atoms with Crippen molar-refractivity contribution in [3.05, 3.63) is 17.5 Å². The first-order chi connectivity index (χ1) is 10.8. The standard InChI is InChI=1S/C17H31N5O/c1-6-18-16(19-12-17(23)8-7-9-17)21(4)10-14-11-22(5)20-15(14)13(2)3/h11,13,23H,6-10,12H2,1-5H3,(H,18,19). The Balaban J connectivity index is 2.08. The van der Waals surface area contributed by atoms with Crippen molar-refractivity contribution in [3.8, 4) is 0 Å². The fourth-order valence-electron chi connectivity index (χ4n) is 2.93. The Morgan fingerprint density at radius 2 is 2.22 bits per heavy atom. The summed E-state index contributed by atoms with van der Waals surface area (Å²) in [6.07, 6.45) is 4.90. The molecule has 1 aliphatic carbocycles. The quantitative estimate of drug-likeness (QED) is 0.620. The van der Waals surface area contributed by atoms with Crippen molar-refractivity contribution in [3.63, 3.8) is 0 Å². The number of aryl methyl sites for hydroxylation is 1. The normalized spacial score (nSPS) is 17.3. The maximum atomic E-state index is 10.3. The van der Waals surface area contributed by atoms with Crippen LogP contribution in [-0.2, 0) is 13.6 Å². The number of aromatic nitrogens is 2. The van der Waals surface area contributed by atoms with Gasteiger partial charge in [0.2, 0.25) is 0 Å². The molecule has 0 bridgehead atoms. The van der Waals surface area contributed by atoms with Crippen LogP contribution >= 0.6 is 0 Å². The third-order valence-electron chi connectivity index (χ3n) is 4.40. The fourth-order valence-corrected chi connectivity index (χ4v) is 2.93. The lowest BCUT2D eigenvalue weighted by Crippen LogP contribution is -2.43. The molecule has 0 unspecified atom stereocenters. The van der Waals surface area contributed by atoms with Crippen LogP contribution in [0.3, 0.4) is 0 Å². The summed E-state index contributed by atoms with van der Waals surface area (Å²) in [6.45, 7) is 8.43. The summed E-state index contributed by atoms with van der Waals surface area (Å²) in [5.74, 6) is 1.24. The molecule has 0 saturated heterocycles. The molecule has 1 heterocycles. The van der Waals surface area contributed by atoms with Gasteiger partial charge in [-0.2, -0.15) is 5.10 Å². The van der Waals surface area contributed by atoms with Crippen molar-refractivity contribution in [2.24, 2.45) is 12.0 Å². The lowest BCUT2D eigenvalue weighted by molar-refractivity contribution is -0.0237. The van der Waals surface area contributed by atoms with E-state index in [0.717, 1.165) is 44.0 Å². The van der Waals surface area contributed by atoms with Crippen LogP contribution in [-0.4, -0.2) is 51.5 Å². The molecule has 0 aromatic carbocycles. The number of nitrogens with zero attached hydrogens (tertiary/aromatic N) is 4. The Morgan fingerprint density at radius 1 is 1.52 bits per heavy atom. The molecule has 6 heteroatoms. The molecule has 1 fully saturated rings. The van der Waals surface area contributed by atoms with Crippen molar-refractivity contribution in [2.75, 3.05) is 20.1 Å². The van der Waals surface area contributed by atoms with Crippen LogP contribution in [0.1, 0.15) is 57.2 Å². The fraction of sp³-hybridized carbons (Fsp3) is 0.765. The molecule has 1 aromatic rings. The molecule has 0 aliphatic heterocycles. The van der Waals surface area contributed by atoms with Crippen LogP contribution in [0.25, 0.3) is 0 Å². The first kappa shape index (κ1) is 17.8. The Bertz CT molecular complexity index is 545. The molecule has 0 radical (unpaired) electrons. The van der Waals surface area contributed by atoms with E-state index in [9.17, 15) is 5.11 Å². The summed E-state index contributed by atoms with van der Waals surface area (Å²) >= 11 is 0. The Kier molecular flexibility index (Phi) is 5.68. The molecule has 1 aromatic heterocycles. The summed E-state index contributed by atoms with van der Waals surface area (Å²) in [6, 6.07) is 0. The van der Waals surface area contributed by atoms with Crippen molar-refractivity contribution < 1.29 is 5.11 Å². The predicted octanol–water partition coefficient (Wildman–Crippen LogP) is 1.86. The average Bonchev–Trinajstić information content (AvgIpc) is 2.82. The first-order valence-corrected chi connectivity index (χ1v) is 8.59. The number of nitrogens with one attached hydrogen (secondary N) is 1. The highest BCUT2D eigenvalue weighted by molar-refractivity contribution is 5.79. The Labute approximate surface area is 139 Å². The summed E-state index contributed by atoms with van der Waals surface area (Å²) in [5, 5.41) is 18.1. The zero-order valence-electron chi connectivity index (χ0n) is 15.1. The van der Waals surface area contributed by atoms with Gasteiger partial charge in [0.15, 0.2) is 5.96 Å². The van der Waals surface area contributed by atoms with E-state index in [1.807, 2.05) is 18.8 Å². The summed E-state index contributed by atoms with van der Waals surface area (Å²) < 4.78 is 1.87. The topological polar surface area (TPSA) is 65.7 Å². The Morgan fingerprint density at radius 3 is 2.74 bits per heavy atom. The maximum Gasteiger partial charge on any atom is 0.194 e. The monoisotopic (exact) mass is 321 g/mol. The summed E-state index contributed by atoms with van der Waals surface area (Å²) in [5.41, 5.74) is 1.77. The highest BCUT2D eigenvalue weighted by Gasteiger charge is 2.34. The highest BCUT2D eigenvalue weighted by atomic mass is 16.3. The molecule has 1 aliphatic rings. The lowest BCUT2D eigenvalue weighted by atomic mass is 9.80.